The Labute approximate surface area is 274 Å². The number of benzene rings is 5. The molecule has 0 radical (unpaired) electrons. The monoisotopic (exact) mass is 606 g/mol. The Kier molecular flexibility index (Phi) is 5.52. The van der Waals surface area contributed by atoms with E-state index in [0.717, 1.165) is 12.2 Å². The van der Waals surface area contributed by atoms with Crippen molar-refractivity contribution < 1.29 is 4.74 Å². The van der Waals surface area contributed by atoms with Crippen LogP contribution >= 0.6 is 0 Å². The third-order valence-corrected chi connectivity index (χ3v) is 10.8. The lowest BCUT2D eigenvalue weighted by Gasteiger charge is -2.36. The number of hydrogen-bond donors (Lipinski definition) is 0. The SMILES string of the molecule is CC1CC=CC=C1n1c2ccccc2c2cc(-c3ccc4c(c3)c3ccccc3n4C3C=CC=C4c5ccccc5OC43C)ccc21. The average Bonchev–Trinajstić information content (AvgIpc) is 3.73. The predicted octanol–water partition coefficient (Wildman–Crippen LogP) is 11.4. The molecule has 3 unspecified atom stereocenters. The van der Waals surface area contributed by atoms with Crippen LogP contribution in [-0.4, -0.2) is 14.7 Å². The molecular weight excluding hydrogens is 572 g/mol. The first-order valence-electron chi connectivity index (χ1n) is 16.7. The number of hydrogen-bond acceptors (Lipinski definition) is 1. The Morgan fingerprint density at radius 3 is 2.11 bits per heavy atom. The van der Waals surface area contributed by atoms with E-state index in [0.29, 0.717) is 5.92 Å². The summed E-state index contributed by atoms with van der Waals surface area (Å²) in [6, 6.07) is 40.1. The second-order valence-electron chi connectivity index (χ2n) is 13.5. The summed E-state index contributed by atoms with van der Waals surface area (Å²) in [7, 11) is 0. The zero-order valence-electron chi connectivity index (χ0n) is 26.5. The van der Waals surface area contributed by atoms with Crippen molar-refractivity contribution in [2.45, 2.75) is 31.9 Å². The molecule has 0 fully saturated rings. The molecular formula is C44H34N2O. The maximum absolute atomic E-state index is 6.80. The van der Waals surface area contributed by atoms with Crippen LogP contribution in [0.2, 0.25) is 0 Å². The summed E-state index contributed by atoms with van der Waals surface area (Å²) in [4.78, 5) is 0. The highest BCUT2D eigenvalue weighted by molar-refractivity contribution is 6.13. The van der Waals surface area contributed by atoms with Gasteiger partial charge in [0.2, 0.25) is 0 Å². The van der Waals surface area contributed by atoms with Gasteiger partial charge in [-0.3, -0.25) is 0 Å². The lowest BCUT2D eigenvalue weighted by atomic mass is 9.82. The Bertz CT molecular complexity index is 2570. The number of aromatic nitrogens is 2. The van der Waals surface area contributed by atoms with Crippen molar-refractivity contribution in [3.63, 3.8) is 0 Å². The summed E-state index contributed by atoms with van der Waals surface area (Å²) in [6.45, 7) is 4.57. The van der Waals surface area contributed by atoms with Crippen LogP contribution < -0.4 is 4.74 Å². The number of fused-ring (bicyclic) bond motifs is 9. The van der Waals surface area contributed by atoms with Gasteiger partial charge >= 0.3 is 0 Å². The van der Waals surface area contributed by atoms with Gasteiger partial charge in [0.15, 0.2) is 5.60 Å². The van der Waals surface area contributed by atoms with Gasteiger partial charge in [0.1, 0.15) is 5.75 Å². The van der Waals surface area contributed by atoms with Crippen LogP contribution in [0.1, 0.15) is 31.9 Å². The van der Waals surface area contributed by atoms with Gasteiger partial charge in [0.05, 0.1) is 17.1 Å². The number of ether oxygens (including phenoxy) is 1. The predicted molar refractivity (Wildman–Crippen MR) is 197 cm³/mol. The van der Waals surface area contributed by atoms with E-state index in [-0.39, 0.29) is 6.04 Å². The standard InChI is InChI=1S/C44H34N2O/c1-28-12-3-7-17-37(28)45-38-18-8-4-13-31(38)34-26-29(22-24-40(34)45)30-23-25-41-35(27-30)32-14-5-9-19-39(32)46(41)43-21-11-16-36-33-15-6-10-20-42(33)47-44(36,43)2/h3-11,13-28,43H,12H2,1-2H3. The first-order valence-corrected chi connectivity index (χ1v) is 16.7. The van der Waals surface area contributed by atoms with E-state index in [1.807, 2.05) is 0 Å². The summed E-state index contributed by atoms with van der Waals surface area (Å²) in [5.74, 6) is 1.43. The molecule has 10 rings (SSSR count). The van der Waals surface area contributed by atoms with Crippen molar-refractivity contribution in [2.75, 3.05) is 0 Å². The largest absolute Gasteiger partial charge is 0.480 e. The second kappa shape index (κ2) is 9.73. The molecule has 3 atom stereocenters. The van der Waals surface area contributed by atoms with E-state index < -0.39 is 5.60 Å². The normalized spacial score (nSPS) is 21.7. The van der Waals surface area contributed by atoms with Crippen LogP contribution in [0.3, 0.4) is 0 Å². The molecule has 0 saturated heterocycles. The topological polar surface area (TPSA) is 19.1 Å². The lowest BCUT2D eigenvalue weighted by molar-refractivity contribution is 0.126. The molecule has 2 aliphatic carbocycles. The van der Waals surface area contributed by atoms with Gasteiger partial charge < -0.3 is 13.9 Å². The van der Waals surface area contributed by atoms with Crippen molar-refractivity contribution in [1.82, 2.24) is 9.13 Å². The average molecular weight is 607 g/mol. The molecule has 3 aliphatic rings. The molecule has 3 nitrogen and oxygen atoms in total. The molecule has 226 valence electrons. The van der Waals surface area contributed by atoms with Crippen LogP contribution in [0.15, 0.2) is 146 Å². The Balaban J connectivity index is 1.14. The number of allylic oxidation sites excluding steroid dienone is 6. The van der Waals surface area contributed by atoms with Gasteiger partial charge in [-0.1, -0.05) is 104 Å². The van der Waals surface area contributed by atoms with E-state index in [1.54, 1.807) is 0 Å². The van der Waals surface area contributed by atoms with Crippen molar-refractivity contribution in [3.8, 4) is 16.9 Å². The minimum Gasteiger partial charge on any atom is -0.480 e. The van der Waals surface area contributed by atoms with Gasteiger partial charge in [0, 0.05) is 55.3 Å². The minimum absolute atomic E-state index is 0.00282. The number of nitrogens with zero attached hydrogens (tertiary/aromatic N) is 2. The summed E-state index contributed by atoms with van der Waals surface area (Å²) in [6.07, 6.45) is 14.6. The Morgan fingerprint density at radius 1 is 0.660 bits per heavy atom. The third kappa shape index (κ3) is 3.68. The molecule has 5 aromatic carbocycles. The quantitative estimate of drug-likeness (QED) is 0.196. The summed E-state index contributed by atoms with van der Waals surface area (Å²) >= 11 is 0. The van der Waals surface area contributed by atoms with E-state index in [1.165, 1.54) is 71.6 Å². The number of rotatable bonds is 3. The van der Waals surface area contributed by atoms with Gasteiger partial charge in [-0.25, -0.2) is 0 Å². The molecule has 7 aromatic rings. The highest BCUT2D eigenvalue weighted by atomic mass is 16.5. The van der Waals surface area contributed by atoms with E-state index >= 15 is 0 Å². The maximum atomic E-state index is 6.80. The molecule has 2 aromatic heterocycles. The van der Waals surface area contributed by atoms with Crippen molar-refractivity contribution in [3.05, 3.63) is 151 Å². The highest BCUT2D eigenvalue weighted by Gasteiger charge is 2.48. The molecule has 0 N–H and O–H groups in total. The fourth-order valence-electron chi connectivity index (χ4n) is 8.52. The zero-order valence-corrected chi connectivity index (χ0v) is 26.5. The summed E-state index contributed by atoms with van der Waals surface area (Å²) in [5, 5.41) is 5.11. The van der Waals surface area contributed by atoms with Crippen molar-refractivity contribution >= 4 is 54.9 Å². The van der Waals surface area contributed by atoms with Gasteiger partial charge in [-0.15, -0.1) is 0 Å². The van der Waals surface area contributed by atoms with Crippen molar-refractivity contribution in [1.29, 1.82) is 0 Å². The molecule has 0 bridgehead atoms. The van der Waals surface area contributed by atoms with Gasteiger partial charge in [0.25, 0.3) is 0 Å². The van der Waals surface area contributed by atoms with Crippen LogP contribution in [0, 0.1) is 5.92 Å². The smallest absolute Gasteiger partial charge is 0.156 e. The Morgan fingerprint density at radius 2 is 1.30 bits per heavy atom. The van der Waals surface area contributed by atoms with E-state index in [2.05, 4.69) is 169 Å². The third-order valence-electron chi connectivity index (χ3n) is 10.8. The van der Waals surface area contributed by atoms with Gasteiger partial charge in [-0.05, 0) is 73.0 Å². The van der Waals surface area contributed by atoms with E-state index in [9.17, 15) is 0 Å². The lowest BCUT2D eigenvalue weighted by Crippen LogP contribution is -2.40. The minimum atomic E-state index is -0.508. The van der Waals surface area contributed by atoms with Crippen LogP contribution in [0.4, 0.5) is 0 Å². The summed E-state index contributed by atoms with van der Waals surface area (Å²) < 4.78 is 11.8. The fourth-order valence-corrected chi connectivity index (χ4v) is 8.52. The molecule has 0 saturated carbocycles. The van der Waals surface area contributed by atoms with Crippen LogP contribution in [0.5, 0.6) is 5.75 Å². The second-order valence-corrected chi connectivity index (χ2v) is 13.5. The van der Waals surface area contributed by atoms with E-state index in [4.69, 9.17) is 4.74 Å². The van der Waals surface area contributed by atoms with Gasteiger partial charge in [-0.2, -0.15) is 0 Å². The molecule has 0 amide bonds. The first kappa shape index (κ1) is 26.7. The van der Waals surface area contributed by atoms with Crippen LogP contribution in [-0.2, 0) is 0 Å². The highest BCUT2D eigenvalue weighted by Crippen LogP contribution is 2.53. The number of para-hydroxylation sites is 3. The molecule has 1 aliphatic heterocycles. The Hall–Kier alpha value is -5.54. The fraction of sp³-hybridized carbons (Fsp3) is 0.136. The molecule has 47 heavy (non-hydrogen) atoms. The molecule has 0 spiro atoms. The van der Waals surface area contributed by atoms with Crippen molar-refractivity contribution in [2.24, 2.45) is 5.92 Å². The molecule has 3 heterocycles. The maximum Gasteiger partial charge on any atom is 0.156 e. The zero-order chi connectivity index (χ0) is 31.3. The van der Waals surface area contributed by atoms with Crippen LogP contribution in [0.25, 0.3) is 66.0 Å². The molecule has 3 heteroatoms. The first-order chi connectivity index (χ1) is 23.1. The summed E-state index contributed by atoms with van der Waals surface area (Å²) in [5.41, 5.74) is 10.7.